The van der Waals surface area contributed by atoms with Crippen molar-refractivity contribution in [3.8, 4) is 0 Å². The van der Waals surface area contributed by atoms with Crippen LogP contribution in [0.4, 0.5) is 0 Å². The highest BCUT2D eigenvalue weighted by atomic mass is 16.8. The lowest BCUT2D eigenvalue weighted by Crippen LogP contribution is -2.60. The fraction of sp³-hybridized carbons (Fsp3) is 1.00. The summed E-state index contributed by atoms with van der Waals surface area (Å²) < 4.78 is 20.2. The fourth-order valence-electron chi connectivity index (χ4n) is 2.80. The van der Waals surface area contributed by atoms with Crippen LogP contribution < -0.4 is 0 Å². The summed E-state index contributed by atoms with van der Waals surface area (Å²) in [5.74, 6) is -5.21. The Bertz CT molecular complexity index is 451. The standard InChI is InChI=1S/C13H24O12/c1-22-8-7(17)6(16)5(2-14)24-11(8)23-4-13(21)10(19)9(18)12(20,3-15)25-13/h5-11,14-21H,2-4H2,1H3/t5?,6-,7+,8-,9+,10+,11+,12-,13-/m1/s1. The van der Waals surface area contributed by atoms with Crippen molar-refractivity contribution >= 4 is 0 Å². The van der Waals surface area contributed by atoms with E-state index in [0.717, 1.165) is 0 Å². The third kappa shape index (κ3) is 3.66. The average Bonchev–Trinajstić information content (AvgIpc) is 2.77. The first kappa shape index (κ1) is 20.8. The van der Waals surface area contributed by atoms with Gasteiger partial charge in [-0.05, 0) is 0 Å². The van der Waals surface area contributed by atoms with Crippen molar-refractivity contribution in [2.75, 3.05) is 26.9 Å². The van der Waals surface area contributed by atoms with Gasteiger partial charge < -0.3 is 59.8 Å². The maximum atomic E-state index is 10.2. The summed E-state index contributed by atoms with van der Waals surface area (Å²) in [5.41, 5.74) is 0. The second-order valence-corrected chi connectivity index (χ2v) is 6.06. The zero-order valence-corrected chi connectivity index (χ0v) is 13.4. The van der Waals surface area contributed by atoms with Crippen molar-refractivity contribution in [3.63, 3.8) is 0 Å². The number of ether oxygens (including phenoxy) is 4. The molecule has 9 atom stereocenters. The van der Waals surface area contributed by atoms with Crippen molar-refractivity contribution in [2.45, 2.75) is 54.5 Å². The van der Waals surface area contributed by atoms with Crippen LogP contribution in [-0.2, 0) is 18.9 Å². The normalized spacial score (nSPS) is 51.0. The summed E-state index contributed by atoms with van der Waals surface area (Å²) in [5, 5.41) is 77.6. The Balaban J connectivity index is 2.08. The van der Waals surface area contributed by atoms with Crippen molar-refractivity contribution < 1.29 is 59.8 Å². The van der Waals surface area contributed by atoms with E-state index < -0.39 is 74.3 Å². The smallest absolute Gasteiger partial charge is 0.222 e. The van der Waals surface area contributed by atoms with Gasteiger partial charge in [-0.15, -0.1) is 0 Å². The number of aliphatic hydroxyl groups is 8. The van der Waals surface area contributed by atoms with Gasteiger partial charge in [0.05, 0.1) is 13.2 Å². The Labute approximate surface area is 142 Å². The summed E-state index contributed by atoms with van der Waals surface area (Å²) in [4.78, 5) is 0. The van der Waals surface area contributed by atoms with E-state index >= 15 is 0 Å². The zero-order valence-electron chi connectivity index (χ0n) is 13.4. The van der Waals surface area contributed by atoms with E-state index in [1.807, 2.05) is 0 Å². The quantitative estimate of drug-likeness (QED) is 0.220. The van der Waals surface area contributed by atoms with Gasteiger partial charge in [-0.2, -0.15) is 0 Å². The summed E-state index contributed by atoms with van der Waals surface area (Å²) in [7, 11) is 1.20. The molecule has 0 aromatic carbocycles. The summed E-state index contributed by atoms with van der Waals surface area (Å²) >= 11 is 0. The van der Waals surface area contributed by atoms with E-state index in [1.165, 1.54) is 7.11 Å². The molecule has 0 aromatic heterocycles. The molecule has 0 aromatic rings. The molecule has 1 unspecified atom stereocenters. The van der Waals surface area contributed by atoms with E-state index in [0.29, 0.717) is 0 Å². The van der Waals surface area contributed by atoms with Crippen LogP contribution in [0.25, 0.3) is 0 Å². The molecule has 0 amide bonds. The van der Waals surface area contributed by atoms with Crippen LogP contribution in [0, 0.1) is 0 Å². The van der Waals surface area contributed by atoms with Crippen molar-refractivity contribution in [1.82, 2.24) is 0 Å². The monoisotopic (exact) mass is 372 g/mol. The molecule has 0 spiro atoms. The van der Waals surface area contributed by atoms with Gasteiger partial charge in [-0.25, -0.2) is 0 Å². The van der Waals surface area contributed by atoms with Gasteiger partial charge >= 0.3 is 0 Å². The van der Waals surface area contributed by atoms with Gasteiger partial charge in [-0.1, -0.05) is 0 Å². The minimum atomic E-state index is -2.60. The first-order valence-corrected chi connectivity index (χ1v) is 7.52. The van der Waals surface area contributed by atoms with Crippen molar-refractivity contribution in [3.05, 3.63) is 0 Å². The molecule has 2 aliphatic rings. The summed E-state index contributed by atoms with van der Waals surface area (Å²) in [6.45, 7) is -2.61. The molecule has 148 valence electrons. The number of rotatable bonds is 6. The van der Waals surface area contributed by atoms with Gasteiger partial charge in [0, 0.05) is 7.11 Å². The number of aliphatic hydroxyl groups excluding tert-OH is 6. The molecule has 0 bridgehead atoms. The third-order valence-corrected chi connectivity index (χ3v) is 4.35. The molecule has 25 heavy (non-hydrogen) atoms. The van der Waals surface area contributed by atoms with E-state index in [1.54, 1.807) is 0 Å². The maximum absolute atomic E-state index is 10.2. The molecule has 2 fully saturated rings. The molecule has 12 heteroatoms. The first-order valence-electron chi connectivity index (χ1n) is 7.52. The van der Waals surface area contributed by atoms with E-state index in [2.05, 4.69) is 0 Å². The topological polar surface area (TPSA) is 199 Å². The first-order chi connectivity index (χ1) is 11.6. The van der Waals surface area contributed by atoms with Gasteiger partial charge in [0.25, 0.3) is 0 Å². The number of methoxy groups -OCH3 is 1. The highest BCUT2D eigenvalue weighted by Crippen LogP contribution is 2.36. The second kappa shape index (κ2) is 7.64. The predicted octanol–water partition coefficient (Wildman–Crippen LogP) is -5.42. The second-order valence-electron chi connectivity index (χ2n) is 6.06. The largest absolute Gasteiger partial charge is 0.394 e. The number of hydrogen-bond donors (Lipinski definition) is 8. The minimum Gasteiger partial charge on any atom is -0.394 e. The van der Waals surface area contributed by atoms with Crippen LogP contribution in [0.15, 0.2) is 0 Å². The number of hydrogen-bond acceptors (Lipinski definition) is 12. The van der Waals surface area contributed by atoms with E-state index in [-0.39, 0.29) is 0 Å². The Kier molecular flexibility index (Phi) is 6.36. The molecule has 2 aliphatic heterocycles. The minimum absolute atomic E-state index is 0.638. The van der Waals surface area contributed by atoms with Gasteiger partial charge in [0.1, 0.15) is 43.2 Å². The van der Waals surface area contributed by atoms with Crippen LogP contribution in [0.3, 0.4) is 0 Å². The highest BCUT2D eigenvalue weighted by Gasteiger charge is 2.62. The Morgan fingerprint density at radius 3 is 2.04 bits per heavy atom. The lowest BCUT2D eigenvalue weighted by atomic mass is 9.99. The van der Waals surface area contributed by atoms with Crippen molar-refractivity contribution in [1.29, 1.82) is 0 Å². The van der Waals surface area contributed by atoms with Crippen LogP contribution in [0.2, 0.25) is 0 Å². The SMILES string of the molecule is CO[C@H]1[C@@H](OC[C@@]2(O)O[C@](O)(CO)[C@@H](O)[C@@H]2O)OC(CO)[C@@H](O)[C@@H]1O. The van der Waals surface area contributed by atoms with E-state index in [9.17, 15) is 30.6 Å². The Hall–Kier alpha value is -0.480. The van der Waals surface area contributed by atoms with Crippen LogP contribution in [-0.4, -0.2) is 122 Å². The zero-order chi connectivity index (χ0) is 19.0. The molecule has 8 N–H and O–H groups in total. The van der Waals surface area contributed by atoms with Gasteiger partial charge in [-0.3, -0.25) is 0 Å². The lowest BCUT2D eigenvalue weighted by molar-refractivity contribution is -0.357. The molecular weight excluding hydrogens is 348 g/mol. The van der Waals surface area contributed by atoms with Gasteiger partial charge in [0.2, 0.25) is 11.6 Å². The third-order valence-electron chi connectivity index (χ3n) is 4.35. The maximum Gasteiger partial charge on any atom is 0.222 e. The molecule has 0 saturated carbocycles. The Morgan fingerprint density at radius 2 is 1.56 bits per heavy atom. The van der Waals surface area contributed by atoms with Crippen LogP contribution in [0.1, 0.15) is 0 Å². The summed E-state index contributed by atoms with van der Waals surface area (Å²) in [6, 6.07) is 0. The lowest BCUT2D eigenvalue weighted by Gasteiger charge is -2.42. The van der Waals surface area contributed by atoms with Crippen molar-refractivity contribution in [2.24, 2.45) is 0 Å². The molecule has 2 saturated heterocycles. The molecule has 2 heterocycles. The van der Waals surface area contributed by atoms with Crippen LogP contribution >= 0.6 is 0 Å². The van der Waals surface area contributed by atoms with Gasteiger partial charge in [0.15, 0.2) is 6.29 Å². The Morgan fingerprint density at radius 1 is 0.960 bits per heavy atom. The summed E-state index contributed by atoms with van der Waals surface area (Å²) in [6.07, 6.45) is -10.8. The fourth-order valence-corrected chi connectivity index (χ4v) is 2.80. The molecular formula is C13H24O12. The predicted molar refractivity (Wildman–Crippen MR) is 74.6 cm³/mol. The average molecular weight is 372 g/mol. The molecule has 12 nitrogen and oxygen atoms in total. The van der Waals surface area contributed by atoms with Crippen LogP contribution in [0.5, 0.6) is 0 Å². The molecule has 0 aliphatic carbocycles. The molecule has 2 rings (SSSR count). The highest BCUT2D eigenvalue weighted by molar-refractivity contribution is 5.00. The van der Waals surface area contributed by atoms with E-state index in [4.69, 9.17) is 29.2 Å². The molecule has 0 radical (unpaired) electrons.